The molecule has 5 nitrogen and oxygen atoms in total. The maximum atomic E-state index is 12.9. The van der Waals surface area contributed by atoms with Gasteiger partial charge in [-0.25, -0.2) is 0 Å². The second-order valence-corrected chi connectivity index (χ2v) is 8.69. The Morgan fingerprint density at radius 2 is 1.84 bits per heavy atom. The van der Waals surface area contributed by atoms with E-state index in [0.717, 1.165) is 21.8 Å². The van der Waals surface area contributed by atoms with E-state index in [4.69, 9.17) is 11.6 Å². The number of aliphatic hydroxyl groups is 1. The van der Waals surface area contributed by atoms with Crippen molar-refractivity contribution < 1.29 is 9.66 Å². The zero-order valence-electron chi connectivity index (χ0n) is 14.8. The first kappa shape index (κ1) is 18.7. The molecule has 1 aliphatic heterocycles. The van der Waals surface area contributed by atoms with Gasteiger partial charge in [0.25, 0.3) is 0 Å². The molecule has 2 heterocycles. The molecule has 0 spiro atoms. The van der Waals surface area contributed by atoms with Crippen LogP contribution in [0.1, 0.15) is 29.8 Å². The zero-order chi connectivity index (χ0) is 18.2. The van der Waals surface area contributed by atoms with Crippen molar-refractivity contribution in [1.29, 1.82) is 0 Å². The van der Waals surface area contributed by atoms with Crippen LogP contribution in [0.3, 0.4) is 0 Å². The summed E-state index contributed by atoms with van der Waals surface area (Å²) in [4.78, 5) is 0.797. The van der Waals surface area contributed by atoms with Crippen LogP contribution in [0.25, 0.3) is 0 Å². The molecule has 0 amide bonds. The van der Waals surface area contributed by atoms with Crippen molar-refractivity contribution in [3.63, 3.8) is 0 Å². The predicted molar refractivity (Wildman–Crippen MR) is 100 cm³/mol. The van der Waals surface area contributed by atoms with Crippen molar-refractivity contribution in [3.8, 4) is 0 Å². The van der Waals surface area contributed by atoms with Crippen molar-refractivity contribution >= 4 is 23.0 Å². The number of piperidine rings is 1. The second kappa shape index (κ2) is 7.29. The number of hydrogen-bond acceptors (Lipinski definition) is 4. The van der Waals surface area contributed by atoms with E-state index < -0.39 is 17.0 Å². The average Bonchev–Trinajstić information content (AvgIpc) is 2.82. The van der Waals surface area contributed by atoms with E-state index in [1.54, 1.807) is 4.68 Å². The van der Waals surface area contributed by atoms with Crippen LogP contribution >= 0.6 is 11.6 Å². The third-order valence-electron chi connectivity index (χ3n) is 4.95. The van der Waals surface area contributed by atoms with E-state index in [1.165, 1.54) is 0 Å². The summed E-state index contributed by atoms with van der Waals surface area (Å²) in [6.45, 7) is 5.03. The Hall–Kier alpha value is -1.05. The summed E-state index contributed by atoms with van der Waals surface area (Å²) >= 11 is 4.69. The maximum absolute atomic E-state index is 12.9. The summed E-state index contributed by atoms with van der Waals surface area (Å²) in [6.07, 6.45) is 1.79. The van der Waals surface area contributed by atoms with Gasteiger partial charge in [0.15, 0.2) is 0 Å². The van der Waals surface area contributed by atoms with Crippen LogP contribution in [0.4, 0.5) is 0 Å². The molecule has 7 heteroatoms. The van der Waals surface area contributed by atoms with Crippen molar-refractivity contribution in [3.05, 3.63) is 46.2 Å². The van der Waals surface area contributed by atoms with Gasteiger partial charge in [0.1, 0.15) is 5.69 Å². The van der Waals surface area contributed by atoms with Crippen molar-refractivity contribution in [2.24, 2.45) is 7.05 Å². The van der Waals surface area contributed by atoms with E-state index in [1.807, 2.05) is 49.5 Å². The highest BCUT2D eigenvalue weighted by molar-refractivity contribution is 7.89. The fourth-order valence-electron chi connectivity index (χ4n) is 3.36. The number of benzene rings is 1. The standard InChI is InChI=1S/C18H24ClN3O2S/c1-13-17(14(2)21(3)20-13)25(24)22-10-8-18(23,9-11-22)12-15-4-6-16(19)7-5-15/h4-7,23H,8-12H2,1-3H3. The minimum Gasteiger partial charge on any atom is -0.593 e. The minimum absolute atomic E-state index is 0.593. The molecule has 1 fully saturated rings. The lowest BCUT2D eigenvalue weighted by molar-refractivity contribution is -0.00444. The Morgan fingerprint density at radius 3 is 2.36 bits per heavy atom. The smallest absolute Gasteiger partial charge is 0.217 e. The van der Waals surface area contributed by atoms with Gasteiger partial charge in [0, 0.05) is 31.6 Å². The fourth-order valence-corrected chi connectivity index (χ4v) is 4.94. The lowest BCUT2D eigenvalue weighted by Crippen LogP contribution is -2.47. The Kier molecular flexibility index (Phi) is 5.46. The predicted octanol–water partition coefficient (Wildman–Crippen LogP) is 2.78. The summed E-state index contributed by atoms with van der Waals surface area (Å²) in [6, 6.07) is 7.59. The molecular formula is C18H24ClN3O2S. The third-order valence-corrected chi connectivity index (χ3v) is 6.98. The fraction of sp³-hybridized carbons (Fsp3) is 0.500. The third kappa shape index (κ3) is 4.04. The number of rotatable bonds is 4. The van der Waals surface area contributed by atoms with Crippen molar-refractivity contribution in [2.75, 3.05) is 13.1 Å². The van der Waals surface area contributed by atoms with Crippen LogP contribution in [-0.4, -0.2) is 42.4 Å². The summed E-state index contributed by atoms with van der Waals surface area (Å²) in [5.41, 5.74) is 2.05. The van der Waals surface area contributed by atoms with E-state index in [-0.39, 0.29) is 0 Å². The number of nitrogens with zero attached hydrogens (tertiary/aromatic N) is 3. The molecule has 1 aliphatic rings. The topological polar surface area (TPSA) is 64.3 Å². The molecule has 2 aromatic rings. The molecule has 136 valence electrons. The van der Waals surface area contributed by atoms with Crippen LogP contribution < -0.4 is 0 Å². The molecule has 1 saturated heterocycles. The average molecular weight is 382 g/mol. The molecule has 1 aromatic heterocycles. The molecule has 3 rings (SSSR count). The van der Waals surface area contributed by atoms with Crippen LogP contribution in [0, 0.1) is 13.8 Å². The highest BCUT2D eigenvalue weighted by Crippen LogP contribution is 2.31. The van der Waals surface area contributed by atoms with E-state index in [2.05, 4.69) is 5.10 Å². The maximum Gasteiger partial charge on any atom is 0.217 e. The zero-order valence-corrected chi connectivity index (χ0v) is 16.4. The number of aromatic nitrogens is 2. The molecular weight excluding hydrogens is 358 g/mol. The molecule has 0 radical (unpaired) electrons. The quantitative estimate of drug-likeness (QED) is 0.827. The monoisotopic (exact) mass is 381 g/mol. The highest BCUT2D eigenvalue weighted by atomic mass is 35.5. The highest BCUT2D eigenvalue weighted by Gasteiger charge is 2.38. The number of halogens is 1. The van der Waals surface area contributed by atoms with Crippen LogP contribution in [0.15, 0.2) is 29.2 Å². The van der Waals surface area contributed by atoms with Crippen LogP contribution in [0.5, 0.6) is 0 Å². The molecule has 0 saturated carbocycles. The van der Waals surface area contributed by atoms with Gasteiger partial charge in [-0.1, -0.05) is 23.7 Å². The van der Waals surface area contributed by atoms with E-state index >= 15 is 0 Å². The minimum atomic E-state index is -1.23. The molecule has 1 N–H and O–H groups in total. The molecule has 0 aliphatic carbocycles. The van der Waals surface area contributed by atoms with Crippen molar-refractivity contribution in [1.82, 2.24) is 14.1 Å². The summed E-state index contributed by atoms with van der Waals surface area (Å²) < 4.78 is 16.7. The lowest BCUT2D eigenvalue weighted by atomic mass is 9.86. The summed E-state index contributed by atoms with van der Waals surface area (Å²) in [5.74, 6) is 0. The van der Waals surface area contributed by atoms with E-state index in [0.29, 0.717) is 37.4 Å². The Morgan fingerprint density at radius 1 is 1.24 bits per heavy atom. The first-order valence-electron chi connectivity index (χ1n) is 8.43. The lowest BCUT2D eigenvalue weighted by Gasteiger charge is -2.37. The molecule has 0 bridgehead atoms. The number of aryl methyl sites for hydroxylation is 2. The second-order valence-electron chi connectivity index (χ2n) is 6.83. The Bertz CT molecular complexity index is 740. The molecule has 25 heavy (non-hydrogen) atoms. The van der Waals surface area contributed by atoms with Gasteiger partial charge in [-0.15, -0.1) is 4.31 Å². The van der Waals surface area contributed by atoms with Crippen molar-refractivity contribution in [2.45, 2.75) is 43.6 Å². The Balaban J connectivity index is 1.65. The molecule has 1 unspecified atom stereocenters. The van der Waals surface area contributed by atoms with Gasteiger partial charge < -0.3 is 9.66 Å². The SMILES string of the molecule is Cc1nn(C)c(C)c1[S+]([O-])N1CCC(O)(Cc2ccc(Cl)cc2)CC1. The van der Waals surface area contributed by atoms with Crippen LogP contribution in [-0.2, 0) is 24.8 Å². The van der Waals surface area contributed by atoms with Gasteiger partial charge in [-0.05, 0) is 44.4 Å². The van der Waals surface area contributed by atoms with Gasteiger partial charge >= 0.3 is 0 Å². The van der Waals surface area contributed by atoms with E-state index in [9.17, 15) is 9.66 Å². The van der Waals surface area contributed by atoms with Gasteiger partial charge in [-0.2, -0.15) is 5.10 Å². The summed E-state index contributed by atoms with van der Waals surface area (Å²) in [5, 5.41) is 16.0. The molecule has 1 aromatic carbocycles. The Labute approximate surface area is 156 Å². The number of hydrogen-bond donors (Lipinski definition) is 1. The largest absolute Gasteiger partial charge is 0.593 e. The van der Waals surface area contributed by atoms with Gasteiger partial charge in [-0.3, -0.25) is 4.68 Å². The first-order chi connectivity index (χ1) is 11.8. The summed E-state index contributed by atoms with van der Waals surface area (Å²) in [7, 11) is 1.87. The normalized spacial score (nSPS) is 19.1. The first-order valence-corrected chi connectivity index (χ1v) is 9.91. The van der Waals surface area contributed by atoms with Gasteiger partial charge in [0.05, 0.1) is 22.7 Å². The molecule has 1 atom stereocenters. The van der Waals surface area contributed by atoms with Crippen LogP contribution in [0.2, 0.25) is 5.02 Å². The van der Waals surface area contributed by atoms with Gasteiger partial charge in [0.2, 0.25) is 4.90 Å².